The average Bonchev–Trinajstić information content (AvgIpc) is 3.27. The van der Waals surface area contributed by atoms with Crippen LogP contribution in [-0.2, 0) is 27.5 Å². The second-order valence-electron chi connectivity index (χ2n) is 9.08. The smallest absolute Gasteiger partial charge is 0.355 e. The fourth-order valence-corrected chi connectivity index (χ4v) is 4.54. The number of alkyl halides is 3. The molecule has 198 valence electrons. The van der Waals surface area contributed by atoms with Gasteiger partial charge in [-0.25, -0.2) is 17.8 Å². The van der Waals surface area contributed by atoms with Gasteiger partial charge in [-0.1, -0.05) is 12.1 Å². The number of aromatic nitrogens is 1. The number of carbonyl (C=O) groups excluding carboxylic acids is 1. The van der Waals surface area contributed by atoms with Gasteiger partial charge in [-0.2, -0.15) is 13.2 Å². The van der Waals surface area contributed by atoms with Crippen LogP contribution >= 0.6 is 0 Å². The Morgan fingerprint density at radius 3 is 2.50 bits per heavy atom. The molecule has 2 aromatic rings. The third kappa shape index (κ3) is 6.84. The number of hydrogen-bond acceptors (Lipinski definition) is 6. The first-order valence-corrected chi connectivity index (χ1v) is 13.1. The average molecular weight is 532 g/mol. The Labute approximate surface area is 207 Å². The molecular formula is C23H29F4N5O3S. The number of likely N-dealkylation sites (N-methyl/N-ethyl adjacent to an activating group) is 1. The fraction of sp³-hybridized carbons (Fsp3) is 0.478. The number of benzene rings is 1. The van der Waals surface area contributed by atoms with Crippen molar-refractivity contribution < 1.29 is 30.8 Å². The lowest BCUT2D eigenvalue weighted by molar-refractivity contribution is -0.141. The van der Waals surface area contributed by atoms with E-state index < -0.39 is 39.5 Å². The number of halogens is 4. The summed E-state index contributed by atoms with van der Waals surface area (Å²) >= 11 is 0. The molecule has 0 radical (unpaired) electrons. The van der Waals surface area contributed by atoms with Crippen LogP contribution in [0.4, 0.5) is 29.1 Å². The lowest BCUT2D eigenvalue weighted by atomic mass is 9.99. The lowest BCUT2D eigenvalue weighted by Crippen LogP contribution is -2.33. The van der Waals surface area contributed by atoms with Gasteiger partial charge in [-0.05, 0) is 51.2 Å². The molecule has 0 saturated carbocycles. The monoisotopic (exact) mass is 531 g/mol. The summed E-state index contributed by atoms with van der Waals surface area (Å²) in [6.07, 6.45) is -2.94. The van der Waals surface area contributed by atoms with E-state index in [4.69, 9.17) is 0 Å². The van der Waals surface area contributed by atoms with Crippen LogP contribution in [0.1, 0.15) is 36.1 Å². The van der Waals surface area contributed by atoms with Crippen LogP contribution in [0, 0.1) is 5.82 Å². The number of sulfonamides is 1. The standard InChI is InChI=1S/C23H29F4N5O3S/c1-14(15-5-7-19(18(24)11-15)30-36(4,34)35)22(33)28-12-16-6-8-20(23(25,26)27)29-21(16)32-10-9-17(13-32)31(2)3/h5-8,11,14,17,30H,9-10,12-13H2,1-4H3,(H,28,33)/t14-,17+/m0/s1. The maximum Gasteiger partial charge on any atom is 0.433 e. The molecule has 0 unspecified atom stereocenters. The first kappa shape index (κ1) is 27.7. The Morgan fingerprint density at radius 2 is 1.94 bits per heavy atom. The van der Waals surface area contributed by atoms with Gasteiger partial charge in [0.2, 0.25) is 15.9 Å². The van der Waals surface area contributed by atoms with Gasteiger partial charge < -0.3 is 15.1 Å². The number of hydrogen-bond donors (Lipinski definition) is 2. The van der Waals surface area contributed by atoms with E-state index in [-0.39, 0.29) is 24.1 Å². The zero-order valence-corrected chi connectivity index (χ0v) is 21.2. The van der Waals surface area contributed by atoms with Crippen LogP contribution < -0.4 is 14.9 Å². The highest BCUT2D eigenvalue weighted by molar-refractivity contribution is 7.92. The number of nitrogens with one attached hydrogen (secondary N) is 2. The normalized spacial score (nSPS) is 17.4. The molecule has 1 aliphatic rings. The Bertz CT molecular complexity index is 1220. The van der Waals surface area contributed by atoms with Crippen molar-refractivity contribution in [3.8, 4) is 0 Å². The first-order chi connectivity index (χ1) is 16.7. The third-order valence-electron chi connectivity index (χ3n) is 6.07. The van der Waals surface area contributed by atoms with Crippen LogP contribution in [0.25, 0.3) is 0 Å². The van der Waals surface area contributed by atoms with Gasteiger partial charge in [0.15, 0.2) is 0 Å². The van der Waals surface area contributed by atoms with Crippen molar-refractivity contribution in [2.75, 3.05) is 43.1 Å². The maximum atomic E-state index is 14.3. The highest BCUT2D eigenvalue weighted by Crippen LogP contribution is 2.32. The van der Waals surface area contributed by atoms with Crippen LogP contribution in [0.2, 0.25) is 0 Å². The van der Waals surface area contributed by atoms with Crippen molar-refractivity contribution in [1.82, 2.24) is 15.2 Å². The van der Waals surface area contributed by atoms with E-state index in [0.29, 0.717) is 24.2 Å². The van der Waals surface area contributed by atoms with Gasteiger partial charge in [0.05, 0.1) is 17.9 Å². The molecule has 0 bridgehead atoms. The summed E-state index contributed by atoms with van der Waals surface area (Å²) in [5.41, 5.74) is -0.506. The van der Waals surface area contributed by atoms with Gasteiger partial charge in [-0.3, -0.25) is 9.52 Å². The van der Waals surface area contributed by atoms with Crippen molar-refractivity contribution in [3.05, 3.63) is 53.0 Å². The molecule has 3 rings (SSSR count). The van der Waals surface area contributed by atoms with Crippen molar-refractivity contribution in [3.63, 3.8) is 0 Å². The minimum atomic E-state index is -4.60. The molecule has 2 atom stereocenters. The molecule has 36 heavy (non-hydrogen) atoms. The topological polar surface area (TPSA) is 94.6 Å². The van der Waals surface area contributed by atoms with E-state index in [1.54, 1.807) is 11.8 Å². The minimum absolute atomic E-state index is 0.0665. The van der Waals surface area contributed by atoms with E-state index in [1.165, 1.54) is 18.2 Å². The van der Waals surface area contributed by atoms with Crippen LogP contribution in [0.3, 0.4) is 0 Å². The molecule has 1 aromatic heterocycles. The number of amides is 1. The quantitative estimate of drug-likeness (QED) is 0.509. The highest BCUT2D eigenvalue weighted by Gasteiger charge is 2.35. The highest BCUT2D eigenvalue weighted by atomic mass is 32.2. The van der Waals surface area contributed by atoms with Gasteiger partial charge >= 0.3 is 6.18 Å². The minimum Gasteiger partial charge on any atom is -0.355 e. The van der Waals surface area contributed by atoms with E-state index in [2.05, 4.69) is 15.0 Å². The van der Waals surface area contributed by atoms with Crippen LogP contribution in [-0.4, -0.2) is 63.7 Å². The number of anilines is 2. The summed E-state index contributed by atoms with van der Waals surface area (Å²) in [6.45, 7) is 2.51. The Morgan fingerprint density at radius 1 is 1.25 bits per heavy atom. The van der Waals surface area contributed by atoms with Crippen molar-refractivity contribution in [1.29, 1.82) is 0 Å². The van der Waals surface area contributed by atoms with E-state index in [0.717, 1.165) is 24.8 Å². The number of rotatable bonds is 8. The van der Waals surface area contributed by atoms with Gasteiger partial charge in [0.1, 0.15) is 17.3 Å². The van der Waals surface area contributed by atoms with Crippen LogP contribution in [0.15, 0.2) is 30.3 Å². The zero-order chi connectivity index (χ0) is 26.8. The number of pyridine rings is 1. The molecule has 1 fully saturated rings. The fourth-order valence-electron chi connectivity index (χ4n) is 3.97. The molecule has 2 heterocycles. The summed E-state index contributed by atoms with van der Waals surface area (Å²) in [6, 6.07) is 6.08. The van der Waals surface area contributed by atoms with Crippen molar-refractivity contribution in [2.24, 2.45) is 0 Å². The molecular weight excluding hydrogens is 502 g/mol. The van der Waals surface area contributed by atoms with Crippen LogP contribution in [0.5, 0.6) is 0 Å². The molecule has 8 nitrogen and oxygen atoms in total. The number of carbonyl (C=O) groups is 1. The third-order valence-corrected chi connectivity index (χ3v) is 6.67. The Kier molecular flexibility index (Phi) is 8.13. The van der Waals surface area contributed by atoms with E-state index in [9.17, 15) is 30.8 Å². The van der Waals surface area contributed by atoms with Gasteiger partial charge in [0.25, 0.3) is 0 Å². The summed E-state index contributed by atoms with van der Waals surface area (Å²) in [5.74, 6) is -1.94. The molecule has 2 N–H and O–H groups in total. The maximum absolute atomic E-state index is 14.3. The molecule has 0 spiro atoms. The van der Waals surface area contributed by atoms with Crippen molar-refractivity contribution >= 4 is 27.4 Å². The first-order valence-electron chi connectivity index (χ1n) is 11.2. The molecule has 1 aromatic carbocycles. The zero-order valence-electron chi connectivity index (χ0n) is 20.4. The summed E-state index contributed by atoms with van der Waals surface area (Å²) in [4.78, 5) is 20.4. The van der Waals surface area contributed by atoms with E-state index in [1.807, 2.05) is 19.0 Å². The lowest BCUT2D eigenvalue weighted by Gasteiger charge is -2.24. The summed E-state index contributed by atoms with van der Waals surface area (Å²) in [7, 11) is 0.139. The molecule has 13 heteroatoms. The molecule has 0 aliphatic carbocycles. The Hall–Kier alpha value is -2.93. The Balaban J connectivity index is 1.77. The summed E-state index contributed by atoms with van der Waals surface area (Å²) in [5, 5.41) is 2.69. The van der Waals surface area contributed by atoms with Gasteiger partial charge in [0, 0.05) is 31.2 Å². The summed E-state index contributed by atoms with van der Waals surface area (Å²) < 4.78 is 79.0. The molecule has 1 amide bonds. The SMILES string of the molecule is C[C@H](C(=O)NCc1ccc(C(F)(F)F)nc1N1CC[C@@H](N(C)C)C1)c1ccc(NS(C)(=O)=O)c(F)c1. The predicted octanol–water partition coefficient (Wildman–Crippen LogP) is 3.17. The van der Waals surface area contributed by atoms with E-state index >= 15 is 0 Å². The second-order valence-corrected chi connectivity index (χ2v) is 10.8. The van der Waals surface area contributed by atoms with Gasteiger partial charge in [-0.15, -0.1) is 0 Å². The molecule has 1 aliphatic heterocycles. The predicted molar refractivity (Wildman–Crippen MR) is 129 cm³/mol. The second kappa shape index (κ2) is 10.6. The van der Waals surface area contributed by atoms with Crippen molar-refractivity contribution in [2.45, 2.75) is 38.0 Å². The largest absolute Gasteiger partial charge is 0.433 e. The number of nitrogens with zero attached hydrogens (tertiary/aromatic N) is 3. The molecule has 1 saturated heterocycles.